The first-order valence-electron chi connectivity index (χ1n) is 4.54. The number of aliphatic imine (C=N–C) groups is 1. The van der Waals surface area contributed by atoms with E-state index in [0.29, 0.717) is 13.2 Å². The van der Waals surface area contributed by atoms with Crippen molar-refractivity contribution in [2.75, 3.05) is 20.3 Å². The van der Waals surface area contributed by atoms with Crippen molar-refractivity contribution >= 4 is 5.96 Å². The lowest BCUT2D eigenvalue weighted by molar-refractivity contribution is 0.325. The van der Waals surface area contributed by atoms with Gasteiger partial charge in [-0.3, -0.25) is 4.99 Å². The summed E-state index contributed by atoms with van der Waals surface area (Å²) in [5.41, 5.74) is 10.3. The van der Waals surface area contributed by atoms with Crippen LogP contribution in [0.1, 0.15) is 0 Å². The number of ether oxygens (including phenoxy) is 2. The smallest absolute Gasteiger partial charge is 0.186 e. The molecule has 1 rings (SSSR count). The monoisotopic (exact) mass is 209 g/mol. The van der Waals surface area contributed by atoms with Gasteiger partial charge in [0.1, 0.15) is 18.1 Å². The number of hydrogen-bond acceptors (Lipinski definition) is 3. The zero-order valence-electron chi connectivity index (χ0n) is 8.64. The van der Waals surface area contributed by atoms with Gasteiger partial charge < -0.3 is 20.9 Å². The summed E-state index contributed by atoms with van der Waals surface area (Å²) in [5, 5.41) is 0. The Kier molecular flexibility index (Phi) is 4.28. The molecule has 0 atom stereocenters. The summed E-state index contributed by atoms with van der Waals surface area (Å²) in [6.45, 7) is 0.880. The van der Waals surface area contributed by atoms with E-state index in [4.69, 9.17) is 20.9 Å². The number of nitrogens with two attached hydrogens (primary N) is 2. The lowest BCUT2D eigenvalue weighted by Gasteiger charge is -2.05. The van der Waals surface area contributed by atoms with Crippen molar-refractivity contribution in [3.8, 4) is 11.5 Å². The Morgan fingerprint density at radius 1 is 1.33 bits per heavy atom. The molecule has 5 heteroatoms. The molecule has 0 aromatic heterocycles. The van der Waals surface area contributed by atoms with Crippen molar-refractivity contribution in [2.24, 2.45) is 16.5 Å². The first-order valence-corrected chi connectivity index (χ1v) is 4.54. The van der Waals surface area contributed by atoms with Crippen LogP contribution in [-0.2, 0) is 0 Å². The molecule has 0 saturated carbocycles. The van der Waals surface area contributed by atoms with E-state index < -0.39 is 0 Å². The molecule has 15 heavy (non-hydrogen) atoms. The van der Waals surface area contributed by atoms with Crippen LogP contribution in [0.15, 0.2) is 29.3 Å². The Hall–Kier alpha value is -1.91. The second-order valence-electron chi connectivity index (χ2n) is 2.83. The van der Waals surface area contributed by atoms with Crippen LogP contribution in [0.5, 0.6) is 11.5 Å². The maximum absolute atomic E-state index is 5.40. The summed E-state index contributed by atoms with van der Waals surface area (Å²) in [4.78, 5) is 3.80. The van der Waals surface area contributed by atoms with Crippen LogP contribution in [0.4, 0.5) is 0 Å². The fraction of sp³-hybridized carbons (Fsp3) is 0.300. The zero-order chi connectivity index (χ0) is 11.1. The molecule has 0 spiro atoms. The van der Waals surface area contributed by atoms with Gasteiger partial charge in [0, 0.05) is 6.07 Å². The SMILES string of the molecule is COc1cccc(OCCN=C(N)N)c1. The van der Waals surface area contributed by atoms with Crippen molar-refractivity contribution in [3.05, 3.63) is 24.3 Å². The third-order valence-electron chi connectivity index (χ3n) is 1.70. The fourth-order valence-electron chi connectivity index (χ4n) is 1.03. The predicted octanol–water partition coefficient (Wildman–Crippen LogP) is 0.347. The van der Waals surface area contributed by atoms with Gasteiger partial charge in [0.2, 0.25) is 0 Å². The van der Waals surface area contributed by atoms with Gasteiger partial charge in [-0.05, 0) is 12.1 Å². The average molecular weight is 209 g/mol. The Morgan fingerprint density at radius 2 is 2.07 bits per heavy atom. The molecule has 0 radical (unpaired) electrons. The van der Waals surface area contributed by atoms with Gasteiger partial charge in [-0.15, -0.1) is 0 Å². The second-order valence-corrected chi connectivity index (χ2v) is 2.83. The van der Waals surface area contributed by atoms with Gasteiger partial charge in [0.15, 0.2) is 5.96 Å². The standard InChI is InChI=1S/C10H15N3O2/c1-14-8-3-2-4-9(7-8)15-6-5-13-10(11)12/h2-4,7H,5-6H2,1H3,(H4,11,12,13). The Balaban J connectivity index is 2.40. The molecule has 0 amide bonds. The minimum absolute atomic E-state index is 0.0734. The number of benzene rings is 1. The van der Waals surface area contributed by atoms with Crippen molar-refractivity contribution in [3.63, 3.8) is 0 Å². The summed E-state index contributed by atoms with van der Waals surface area (Å²) in [6.07, 6.45) is 0. The fourth-order valence-corrected chi connectivity index (χ4v) is 1.03. The summed E-state index contributed by atoms with van der Waals surface area (Å²) in [5.74, 6) is 1.57. The van der Waals surface area contributed by atoms with Crippen molar-refractivity contribution in [1.82, 2.24) is 0 Å². The second kappa shape index (κ2) is 5.74. The lowest BCUT2D eigenvalue weighted by atomic mass is 10.3. The predicted molar refractivity (Wildman–Crippen MR) is 59.2 cm³/mol. The topological polar surface area (TPSA) is 82.9 Å². The normalized spacial score (nSPS) is 9.40. The van der Waals surface area contributed by atoms with E-state index in [0.717, 1.165) is 11.5 Å². The quantitative estimate of drug-likeness (QED) is 0.416. The molecular weight excluding hydrogens is 194 g/mol. The maximum Gasteiger partial charge on any atom is 0.186 e. The highest BCUT2D eigenvalue weighted by Gasteiger charge is 1.95. The minimum atomic E-state index is 0.0734. The van der Waals surface area contributed by atoms with E-state index in [-0.39, 0.29) is 5.96 Å². The zero-order valence-corrected chi connectivity index (χ0v) is 8.64. The molecule has 0 saturated heterocycles. The van der Waals surface area contributed by atoms with Crippen LogP contribution >= 0.6 is 0 Å². The van der Waals surface area contributed by atoms with Gasteiger partial charge in [-0.1, -0.05) is 6.07 Å². The first kappa shape index (κ1) is 11.2. The maximum atomic E-state index is 5.40. The Bertz CT molecular complexity index is 335. The van der Waals surface area contributed by atoms with Gasteiger partial charge in [-0.25, -0.2) is 0 Å². The van der Waals surface area contributed by atoms with E-state index in [9.17, 15) is 0 Å². The molecule has 0 fully saturated rings. The van der Waals surface area contributed by atoms with E-state index in [1.807, 2.05) is 18.2 Å². The molecule has 5 nitrogen and oxygen atoms in total. The van der Waals surface area contributed by atoms with Crippen LogP contribution in [0.2, 0.25) is 0 Å². The molecule has 0 aliphatic rings. The molecule has 0 heterocycles. The molecule has 4 N–H and O–H groups in total. The third kappa shape index (κ3) is 4.21. The molecule has 1 aromatic carbocycles. The number of guanidine groups is 1. The number of nitrogens with zero attached hydrogens (tertiary/aromatic N) is 1. The number of methoxy groups -OCH3 is 1. The number of rotatable bonds is 5. The van der Waals surface area contributed by atoms with Crippen molar-refractivity contribution in [1.29, 1.82) is 0 Å². The lowest BCUT2D eigenvalue weighted by Crippen LogP contribution is -2.23. The Morgan fingerprint density at radius 3 is 2.73 bits per heavy atom. The van der Waals surface area contributed by atoms with Crippen LogP contribution in [0, 0.1) is 0 Å². The van der Waals surface area contributed by atoms with Gasteiger partial charge >= 0.3 is 0 Å². The van der Waals surface area contributed by atoms with Gasteiger partial charge in [0.25, 0.3) is 0 Å². The van der Waals surface area contributed by atoms with Crippen molar-refractivity contribution in [2.45, 2.75) is 0 Å². The molecule has 0 aliphatic heterocycles. The molecule has 1 aromatic rings. The molecule has 0 aliphatic carbocycles. The molecule has 0 bridgehead atoms. The highest BCUT2D eigenvalue weighted by Crippen LogP contribution is 2.18. The highest BCUT2D eigenvalue weighted by atomic mass is 16.5. The summed E-state index contributed by atoms with van der Waals surface area (Å²) >= 11 is 0. The van der Waals surface area contributed by atoms with E-state index >= 15 is 0 Å². The van der Waals surface area contributed by atoms with Crippen LogP contribution in [0.3, 0.4) is 0 Å². The molecule has 0 unspecified atom stereocenters. The van der Waals surface area contributed by atoms with Crippen LogP contribution in [0.25, 0.3) is 0 Å². The highest BCUT2D eigenvalue weighted by molar-refractivity contribution is 5.75. The van der Waals surface area contributed by atoms with E-state index in [1.165, 1.54) is 0 Å². The minimum Gasteiger partial charge on any atom is -0.497 e. The molecular formula is C10H15N3O2. The average Bonchev–Trinajstić information content (AvgIpc) is 2.24. The summed E-state index contributed by atoms with van der Waals surface area (Å²) in [7, 11) is 1.61. The summed E-state index contributed by atoms with van der Waals surface area (Å²) in [6, 6.07) is 7.35. The van der Waals surface area contributed by atoms with E-state index in [1.54, 1.807) is 13.2 Å². The van der Waals surface area contributed by atoms with Gasteiger partial charge in [0.05, 0.1) is 13.7 Å². The molecule has 82 valence electrons. The Labute approximate surface area is 88.7 Å². The largest absolute Gasteiger partial charge is 0.497 e. The van der Waals surface area contributed by atoms with Crippen molar-refractivity contribution < 1.29 is 9.47 Å². The first-order chi connectivity index (χ1) is 7.22. The summed E-state index contributed by atoms with van der Waals surface area (Å²) < 4.78 is 10.5. The van der Waals surface area contributed by atoms with Crippen LogP contribution < -0.4 is 20.9 Å². The van der Waals surface area contributed by atoms with E-state index in [2.05, 4.69) is 4.99 Å². The van der Waals surface area contributed by atoms with Crippen LogP contribution in [-0.4, -0.2) is 26.2 Å². The number of hydrogen-bond donors (Lipinski definition) is 2. The van der Waals surface area contributed by atoms with Gasteiger partial charge in [-0.2, -0.15) is 0 Å². The third-order valence-corrected chi connectivity index (χ3v) is 1.70.